The van der Waals surface area contributed by atoms with Crippen molar-refractivity contribution in [3.63, 3.8) is 0 Å². The molecule has 80 valence electrons. The Bertz CT molecular complexity index is 380. The van der Waals surface area contributed by atoms with Crippen molar-refractivity contribution in [3.05, 3.63) is 0 Å². The first-order valence-corrected chi connectivity index (χ1v) is 5.14. The van der Waals surface area contributed by atoms with Crippen LogP contribution < -0.4 is 5.32 Å². The molecule has 2 atom stereocenters. The maximum atomic E-state index is 11.5. The van der Waals surface area contributed by atoms with Gasteiger partial charge in [-0.1, -0.05) is 9.59 Å². The van der Waals surface area contributed by atoms with E-state index in [9.17, 15) is 9.59 Å². The van der Waals surface area contributed by atoms with Crippen LogP contribution in [0.25, 0.3) is 0 Å². The number of aromatic nitrogens is 3. The van der Waals surface area contributed by atoms with E-state index in [4.69, 9.17) is 5.11 Å². The van der Waals surface area contributed by atoms with E-state index in [2.05, 4.69) is 20.1 Å². The lowest BCUT2D eigenvalue weighted by molar-refractivity contribution is -0.151. The van der Waals surface area contributed by atoms with Crippen LogP contribution in [-0.2, 0) is 9.59 Å². The van der Waals surface area contributed by atoms with E-state index < -0.39 is 17.8 Å². The van der Waals surface area contributed by atoms with Crippen molar-refractivity contribution >= 4 is 28.5 Å². The monoisotopic (exact) mass is 228 g/mol. The highest BCUT2D eigenvalue weighted by molar-refractivity contribution is 7.09. The molecule has 2 rings (SSSR count). The van der Waals surface area contributed by atoms with Crippen LogP contribution in [0.15, 0.2) is 0 Å². The number of anilines is 1. The van der Waals surface area contributed by atoms with Crippen molar-refractivity contribution < 1.29 is 14.7 Å². The molecule has 1 aromatic rings. The molecule has 15 heavy (non-hydrogen) atoms. The highest BCUT2D eigenvalue weighted by atomic mass is 32.1. The molecule has 0 radical (unpaired) electrons. The third-order valence-electron chi connectivity index (χ3n) is 2.46. The van der Waals surface area contributed by atoms with Gasteiger partial charge in [-0.05, 0) is 18.1 Å². The Hall–Kier alpha value is -1.57. The fraction of sp³-hybridized carbons (Fsp3) is 0.571. The average molecular weight is 228 g/mol. The fourth-order valence-corrected chi connectivity index (χ4v) is 1.86. The zero-order valence-corrected chi connectivity index (χ0v) is 8.40. The van der Waals surface area contributed by atoms with Gasteiger partial charge in [0, 0.05) is 11.5 Å². The standard InChI is InChI=1S/C7H8N4O3S/c12-5(8-7-9-10-11-15-7)3-1-2-4(3)6(13)14/h3-4H,1-2H2,(H,13,14)(H,8,9,11,12)/t3-,4+/m0/s1. The van der Waals surface area contributed by atoms with E-state index in [0.29, 0.717) is 18.0 Å². The highest BCUT2D eigenvalue weighted by Gasteiger charge is 2.41. The summed E-state index contributed by atoms with van der Waals surface area (Å²) in [7, 11) is 0. The van der Waals surface area contributed by atoms with Gasteiger partial charge in [0.1, 0.15) is 0 Å². The summed E-state index contributed by atoms with van der Waals surface area (Å²) in [6.07, 6.45) is 1.16. The first kappa shape index (κ1) is 9.97. The van der Waals surface area contributed by atoms with E-state index in [0.717, 1.165) is 11.5 Å². The number of aliphatic carboxylic acids is 1. The molecule has 1 aromatic heterocycles. The summed E-state index contributed by atoms with van der Waals surface area (Å²) in [4.78, 5) is 22.2. The van der Waals surface area contributed by atoms with Gasteiger partial charge in [0.05, 0.1) is 11.8 Å². The maximum absolute atomic E-state index is 11.5. The number of rotatable bonds is 3. The van der Waals surface area contributed by atoms with Crippen molar-refractivity contribution in [3.8, 4) is 0 Å². The van der Waals surface area contributed by atoms with Gasteiger partial charge in [-0.2, -0.15) is 0 Å². The Kier molecular flexibility index (Phi) is 2.58. The van der Waals surface area contributed by atoms with Gasteiger partial charge in [0.25, 0.3) is 0 Å². The Morgan fingerprint density at radius 1 is 1.40 bits per heavy atom. The maximum Gasteiger partial charge on any atom is 0.307 e. The van der Waals surface area contributed by atoms with Crippen LogP contribution in [0.4, 0.5) is 5.13 Å². The summed E-state index contributed by atoms with van der Waals surface area (Å²) in [5.41, 5.74) is 0. The number of nitrogens with one attached hydrogen (secondary N) is 1. The third-order valence-corrected chi connectivity index (χ3v) is 2.97. The smallest absolute Gasteiger partial charge is 0.307 e. The van der Waals surface area contributed by atoms with Gasteiger partial charge in [-0.25, -0.2) is 0 Å². The second-order valence-corrected chi connectivity index (χ2v) is 4.02. The predicted octanol–water partition coefficient (Wildman–Crippen LogP) is -0.0176. The van der Waals surface area contributed by atoms with Crippen molar-refractivity contribution in [1.82, 2.24) is 14.8 Å². The van der Waals surface area contributed by atoms with Crippen molar-refractivity contribution in [2.75, 3.05) is 5.32 Å². The summed E-state index contributed by atoms with van der Waals surface area (Å²) in [5.74, 6) is -2.25. The van der Waals surface area contributed by atoms with E-state index in [1.165, 1.54) is 0 Å². The van der Waals surface area contributed by atoms with Crippen molar-refractivity contribution in [2.45, 2.75) is 12.8 Å². The van der Waals surface area contributed by atoms with Crippen LogP contribution >= 0.6 is 11.5 Å². The quantitative estimate of drug-likeness (QED) is 0.753. The number of amides is 1. The van der Waals surface area contributed by atoms with Crippen LogP contribution in [0.1, 0.15) is 12.8 Å². The van der Waals surface area contributed by atoms with E-state index in [1.807, 2.05) is 0 Å². The summed E-state index contributed by atoms with van der Waals surface area (Å²) in [5, 5.41) is 18.4. The Morgan fingerprint density at radius 2 is 2.13 bits per heavy atom. The molecule has 8 heteroatoms. The van der Waals surface area contributed by atoms with Gasteiger partial charge in [-0.3, -0.25) is 14.9 Å². The average Bonchev–Trinajstić information content (AvgIpc) is 2.52. The molecule has 0 spiro atoms. The molecule has 1 aliphatic carbocycles. The number of carboxylic acids is 1. The molecular formula is C7H8N4O3S. The lowest BCUT2D eigenvalue weighted by Gasteiger charge is -2.31. The summed E-state index contributed by atoms with van der Waals surface area (Å²) in [6, 6.07) is 0. The van der Waals surface area contributed by atoms with Crippen LogP contribution in [-0.4, -0.2) is 31.8 Å². The number of carbonyl (C=O) groups excluding carboxylic acids is 1. The normalized spacial score (nSPS) is 24.3. The second kappa shape index (κ2) is 3.89. The molecule has 0 aliphatic heterocycles. The molecule has 0 bridgehead atoms. The molecule has 1 fully saturated rings. The van der Waals surface area contributed by atoms with Gasteiger partial charge >= 0.3 is 5.97 Å². The minimum Gasteiger partial charge on any atom is -0.481 e. The SMILES string of the molecule is O=C(Nc1nnns1)[C@H]1CC[C@H]1C(=O)O. The summed E-state index contributed by atoms with van der Waals surface area (Å²) in [6.45, 7) is 0. The lowest BCUT2D eigenvalue weighted by atomic mass is 9.73. The van der Waals surface area contributed by atoms with Crippen molar-refractivity contribution in [2.24, 2.45) is 11.8 Å². The van der Waals surface area contributed by atoms with E-state index in [1.54, 1.807) is 0 Å². The molecule has 1 aliphatic rings. The fourth-order valence-electron chi connectivity index (χ4n) is 1.49. The Morgan fingerprint density at radius 3 is 2.60 bits per heavy atom. The number of nitrogens with zero attached hydrogens (tertiary/aromatic N) is 3. The molecule has 2 N–H and O–H groups in total. The molecule has 1 saturated carbocycles. The van der Waals surface area contributed by atoms with Gasteiger partial charge in [-0.15, -0.1) is 0 Å². The second-order valence-electron chi connectivity index (χ2n) is 3.29. The van der Waals surface area contributed by atoms with E-state index >= 15 is 0 Å². The minimum atomic E-state index is -0.920. The predicted molar refractivity (Wildman–Crippen MR) is 50.2 cm³/mol. The van der Waals surface area contributed by atoms with Crippen LogP contribution in [0.5, 0.6) is 0 Å². The first-order valence-electron chi connectivity index (χ1n) is 4.37. The van der Waals surface area contributed by atoms with Gasteiger partial charge in [0.2, 0.25) is 11.0 Å². The number of carboxylic acid groups (broad SMARTS) is 1. The molecule has 0 aromatic carbocycles. The van der Waals surface area contributed by atoms with Gasteiger partial charge < -0.3 is 5.11 Å². The summed E-state index contributed by atoms with van der Waals surface area (Å²) < 4.78 is 3.48. The third kappa shape index (κ3) is 1.94. The zero-order chi connectivity index (χ0) is 10.8. The molecule has 0 unspecified atom stereocenters. The van der Waals surface area contributed by atoms with Gasteiger partial charge in [0.15, 0.2) is 0 Å². The molecule has 7 nitrogen and oxygen atoms in total. The molecule has 1 amide bonds. The van der Waals surface area contributed by atoms with Crippen molar-refractivity contribution in [1.29, 1.82) is 0 Å². The largest absolute Gasteiger partial charge is 0.481 e. The molecular weight excluding hydrogens is 220 g/mol. The molecule has 0 saturated heterocycles. The Labute approximate surface area is 88.7 Å². The van der Waals surface area contributed by atoms with Crippen LogP contribution in [0.3, 0.4) is 0 Å². The zero-order valence-electron chi connectivity index (χ0n) is 7.58. The highest BCUT2D eigenvalue weighted by Crippen LogP contribution is 2.35. The van der Waals surface area contributed by atoms with Crippen LogP contribution in [0.2, 0.25) is 0 Å². The van der Waals surface area contributed by atoms with Crippen LogP contribution in [0, 0.1) is 11.8 Å². The first-order chi connectivity index (χ1) is 7.18. The number of carbonyl (C=O) groups is 2. The summed E-state index contributed by atoms with van der Waals surface area (Å²) >= 11 is 0.961. The number of hydrogen-bond donors (Lipinski definition) is 2. The topological polar surface area (TPSA) is 105 Å². The lowest BCUT2D eigenvalue weighted by Crippen LogP contribution is -2.41. The van der Waals surface area contributed by atoms with E-state index in [-0.39, 0.29) is 5.91 Å². The minimum absolute atomic E-state index is 0.302. The molecule has 1 heterocycles. The Balaban J connectivity index is 1.95. The number of hydrogen-bond acceptors (Lipinski definition) is 6.